The summed E-state index contributed by atoms with van der Waals surface area (Å²) in [5.41, 5.74) is -1.64. The number of nitrogens with one attached hydrogen (secondary N) is 2. The number of nitrogens with zero attached hydrogens (tertiary/aromatic N) is 3. The average Bonchev–Trinajstić information content (AvgIpc) is 3.55. The van der Waals surface area contributed by atoms with Crippen LogP contribution in [0.25, 0.3) is 0 Å². The first-order valence-corrected chi connectivity index (χ1v) is 12.5. The number of aromatic nitrogens is 3. The molecule has 0 unspecified atom stereocenters. The summed E-state index contributed by atoms with van der Waals surface area (Å²) in [6.07, 6.45) is -4.87. The van der Waals surface area contributed by atoms with Crippen molar-refractivity contribution in [2.75, 3.05) is 10.0 Å². The first-order chi connectivity index (χ1) is 17.0. The summed E-state index contributed by atoms with van der Waals surface area (Å²) >= 11 is 6.73. The first-order valence-electron chi connectivity index (χ1n) is 9.80. The van der Waals surface area contributed by atoms with Gasteiger partial charge in [0.05, 0.1) is 16.5 Å². The van der Waals surface area contributed by atoms with E-state index in [0.29, 0.717) is 4.68 Å². The highest BCUT2D eigenvalue weighted by Gasteiger charge is 2.28. The van der Waals surface area contributed by atoms with Gasteiger partial charge in [-0.3, -0.25) is 14.2 Å². The number of thiazole rings is 1. The van der Waals surface area contributed by atoms with E-state index in [1.165, 1.54) is 42.6 Å². The number of carbonyl (C=O) groups excluding carboxylic acids is 1. The van der Waals surface area contributed by atoms with E-state index in [9.17, 15) is 30.8 Å². The van der Waals surface area contributed by atoms with Crippen molar-refractivity contribution < 1.29 is 35.2 Å². The fourth-order valence-corrected chi connectivity index (χ4v) is 5.12. The lowest BCUT2D eigenvalue weighted by Gasteiger charge is -2.07. The van der Waals surface area contributed by atoms with Crippen molar-refractivity contribution in [3.8, 4) is 0 Å². The monoisotopic (exact) mass is 563 g/mol. The van der Waals surface area contributed by atoms with Gasteiger partial charge in [0.1, 0.15) is 17.1 Å². The van der Waals surface area contributed by atoms with Gasteiger partial charge in [0.15, 0.2) is 10.9 Å². The fourth-order valence-electron chi connectivity index (χ4n) is 3.03. The Labute approximate surface area is 209 Å². The Balaban J connectivity index is 1.44. The van der Waals surface area contributed by atoms with Crippen molar-refractivity contribution in [2.45, 2.75) is 24.3 Å². The van der Waals surface area contributed by atoms with Crippen LogP contribution in [-0.2, 0) is 16.6 Å². The van der Waals surface area contributed by atoms with E-state index >= 15 is 0 Å². The lowest BCUT2D eigenvalue weighted by atomic mass is 10.3. The molecule has 0 spiro atoms. The van der Waals surface area contributed by atoms with Crippen LogP contribution in [-0.4, -0.2) is 29.1 Å². The van der Waals surface area contributed by atoms with Crippen LogP contribution in [0.15, 0.2) is 57.3 Å². The van der Waals surface area contributed by atoms with Gasteiger partial charge in [0.2, 0.25) is 0 Å². The fraction of sp³-hybridized carbons (Fsp3) is 0.150. The van der Waals surface area contributed by atoms with Gasteiger partial charge in [-0.15, -0.1) is 11.3 Å². The molecular weight excluding hydrogens is 550 g/mol. The van der Waals surface area contributed by atoms with Gasteiger partial charge in [0.25, 0.3) is 28.8 Å². The number of hydrogen-bond donors (Lipinski definition) is 2. The van der Waals surface area contributed by atoms with Gasteiger partial charge in [-0.25, -0.2) is 31.0 Å². The molecule has 0 atom stereocenters. The second-order valence-corrected chi connectivity index (χ2v) is 9.99. The van der Waals surface area contributed by atoms with Crippen LogP contribution in [0, 0.1) is 0 Å². The van der Waals surface area contributed by atoms with E-state index in [2.05, 4.69) is 20.1 Å². The number of furan rings is 1. The summed E-state index contributed by atoms with van der Waals surface area (Å²) in [5, 5.41) is 6.90. The second kappa shape index (κ2) is 10.3. The minimum Gasteiger partial charge on any atom is -0.454 e. The SMILES string of the molecule is O=C(Nc1ccc(S(=O)(=O)Nc2nccs2)cc1)c1ccc(Cn2nc(C(F)F)c(Cl)c2C(F)F)o1. The van der Waals surface area contributed by atoms with Crippen LogP contribution < -0.4 is 10.0 Å². The first kappa shape index (κ1) is 25.7. The highest BCUT2D eigenvalue weighted by molar-refractivity contribution is 7.93. The zero-order valence-corrected chi connectivity index (χ0v) is 20.1. The van der Waals surface area contributed by atoms with E-state index < -0.39 is 51.7 Å². The molecule has 4 rings (SSSR count). The van der Waals surface area contributed by atoms with E-state index in [4.69, 9.17) is 16.0 Å². The highest BCUT2D eigenvalue weighted by atomic mass is 35.5. The molecule has 3 heterocycles. The third kappa shape index (κ3) is 5.52. The molecule has 0 aliphatic heterocycles. The molecule has 9 nitrogen and oxygen atoms in total. The number of alkyl halides is 4. The van der Waals surface area contributed by atoms with Crippen LogP contribution in [0.4, 0.5) is 28.4 Å². The summed E-state index contributed by atoms with van der Waals surface area (Å²) in [6.45, 7) is -0.474. The summed E-state index contributed by atoms with van der Waals surface area (Å²) in [7, 11) is -3.87. The predicted octanol–water partition coefficient (Wildman–Crippen LogP) is 5.56. The number of rotatable bonds is 9. The molecule has 16 heteroatoms. The molecule has 0 fully saturated rings. The Bertz CT molecular complexity index is 1470. The quantitative estimate of drug-likeness (QED) is 0.257. The van der Waals surface area contributed by atoms with E-state index in [-0.39, 0.29) is 27.2 Å². The summed E-state index contributed by atoms with van der Waals surface area (Å²) in [4.78, 5) is 16.3. The number of hydrogen-bond acceptors (Lipinski definition) is 7. The summed E-state index contributed by atoms with van der Waals surface area (Å²) in [6, 6.07) is 7.79. The lowest BCUT2D eigenvalue weighted by Crippen LogP contribution is -2.14. The molecule has 3 aromatic heterocycles. The molecule has 36 heavy (non-hydrogen) atoms. The molecule has 0 aliphatic carbocycles. The number of benzene rings is 1. The number of sulfonamides is 1. The van der Waals surface area contributed by atoms with Crippen LogP contribution in [0.2, 0.25) is 5.02 Å². The van der Waals surface area contributed by atoms with Crippen molar-refractivity contribution in [1.82, 2.24) is 14.8 Å². The topological polar surface area (TPSA) is 119 Å². The van der Waals surface area contributed by atoms with E-state index in [1.807, 2.05) is 0 Å². The molecule has 1 amide bonds. The molecule has 0 saturated carbocycles. The molecular formula is C20H14ClF4N5O4S2. The minimum absolute atomic E-state index is 0.0169. The van der Waals surface area contributed by atoms with Crippen LogP contribution in [0.1, 0.15) is 40.6 Å². The molecule has 0 bridgehead atoms. The smallest absolute Gasteiger partial charge is 0.291 e. The Morgan fingerprint density at radius 1 is 1.11 bits per heavy atom. The van der Waals surface area contributed by atoms with Gasteiger partial charge in [-0.1, -0.05) is 11.6 Å². The zero-order valence-electron chi connectivity index (χ0n) is 17.7. The van der Waals surface area contributed by atoms with Gasteiger partial charge in [-0.2, -0.15) is 5.10 Å². The van der Waals surface area contributed by atoms with E-state index in [1.54, 1.807) is 5.38 Å². The van der Waals surface area contributed by atoms with Crippen LogP contribution in [0.3, 0.4) is 0 Å². The third-order valence-corrected chi connectivity index (χ3v) is 7.20. The van der Waals surface area contributed by atoms with Crippen LogP contribution >= 0.6 is 22.9 Å². The summed E-state index contributed by atoms with van der Waals surface area (Å²) < 4.78 is 85.6. The van der Waals surface area contributed by atoms with Gasteiger partial charge in [-0.05, 0) is 36.4 Å². The zero-order chi connectivity index (χ0) is 26.0. The van der Waals surface area contributed by atoms with Crippen molar-refractivity contribution in [2.24, 2.45) is 0 Å². The normalized spacial score (nSPS) is 11.9. The van der Waals surface area contributed by atoms with Crippen molar-refractivity contribution in [3.63, 3.8) is 0 Å². The van der Waals surface area contributed by atoms with Crippen molar-refractivity contribution >= 4 is 49.7 Å². The van der Waals surface area contributed by atoms with E-state index in [0.717, 1.165) is 11.3 Å². The van der Waals surface area contributed by atoms with Crippen LogP contribution in [0.5, 0.6) is 0 Å². The average molecular weight is 564 g/mol. The Morgan fingerprint density at radius 3 is 2.44 bits per heavy atom. The molecule has 0 saturated heterocycles. The Morgan fingerprint density at radius 2 is 1.83 bits per heavy atom. The largest absolute Gasteiger partial charge is 0.454 e. The molecule has 190 valence electrons. The molecule has 2 N–H and O–H groups in total. The third-order valence-electron chi connectivity index (χ3n) is 4.64. The van der Waals surface area contributed by atoms with Crippen molar-refractivity contribution in [1.29, 1.82) is 0 Å². The molecule has 4 aromatic rings. The number of anilines is 2. The predicted molar refractivity (Wildman–Crippen MR) is 122 cm³/mol. The van der Waals surface area contributed by atoms with Crippen molar-refractivity contribution in [3.05, 3.63) is 75.9 Å². The van der Waals surface area contributed by atoms with Gasteiger partial charge >= 0.3 is 0 Å². The van der Waals surface area contributed by atoms with Gasteiger partial charge < -0.3 is 9.73 Å². The Hall–Kier alpha value is -3.43. The summed E-state index contributed by atoms with van der Waals surface area (Å²) in [5.74, 6) is -0.951. The molecule has 0 radical (unpaired) electrons. The molecule has 1 aromatic carbocycles. The maximum Gasteiger partial charge on any atom is 0.291 e. The number of halogens is 5. The number of carbonyl (C=O) groups is 1. The lowest BCUT2D eigenvalue weighted by molar-refractivity contribution is 0.0994. The standard InChI is InChI=1S/C20H14ClF4N5O4S2/c21-14-15(17(22)23)28-30(16(14)18(24)25)9-11-3-6-13(34-11)19(31)27-10-1-4-12(5-2-10)36(32,33)29-20-26-7-8-35-20/h1-8,17-18H,9H2,(H,26,29)(H,27,31). The maximum atomic E-state index is 13.3. The maximum absolute atomic E-state index is 13.3. The Kier molecular flexibility index (Phi) is 7.33. The minimum atomic E-state index is -3.87. The number of amides is 1. The van der Waals surface area contributed by atoms with Gasteiger partial charge in [0, 0.05) is 17.3 Å². The second-order valence-electron chi connectivity index (χ2n) is 7.03. The highest BCUT2D eigenvalue weighted by Crippen LogP contribution is 2.35. The molecule has 0 aliphatic rings.